The zero-order chi connectivity index (χ0) is 13.7. The summed E-state index contributed by atoms with van der Waals surface area (Å²) in [5, 5.41) is 4.61. The smallest absolute Gasteiger partial charge is 0.657 e. The van der Waals surface area contributed by atoms with Gasteiger partial charge in [-0.05, 0) is 19.7 Å². The standard InChI is InChI=1S/C17H21N2.Li/c1-18-16(14-10-6-4-7-11-14)17(19(2)3)15-12-8-5-9-13-15;/h4-13,16-17H,1-3H3;/q-1;+1/t16-,17-;/m0./s1. The quantitative estimate of drug-likeness (QED) is 0.734. The minimum atomic E-state index is 0. The van der Waals surface area contributed by atoms with Crippen LogP contribution in [0.25, 0.3) is 5.32 Å². The Morgan fingerprint density at radius 2 is 1.25 bits per heavy atom. The van der Waals surface area contributed by atoms with Crippen LogP contribution >= 0.6 is 0 Å². The minimum Gasteiger partial charge on any atom is -0.657 e. The molecule has 0 saturated heterocycles. The molecule has 20 heavy (non-hydrogen) atoms. The van der Waals surface area contributed by atoms with Crippen LogP contribution in [0.5, 0.6) is 0 Å². The molecule has 100 valence electrons. The van der Waals surface area contributed by atoms with Crippen molar-refractivity contribution in [3.63, 3.8) is 0 Å². The monoisotopic (exact) mass is 260 g/mol. The maximum absolute atomic E-state index is 4.61. The van der Waals surface area contributed by atoms with Crippen molar-refractivity contribution in [3.8, 4) is 0 Å². The van der Waals surface area contributed by atoms with Gasteiger partial charge in [0.1, 0.15) is 0 Å². The maximum Gasteiger partial charge on any atom is 1.00 e. The summed E-state index contributed by atoms with van der Waals surface area (Å²) in [7, 11) is 6.12. The Labute approximate surface area is 134 Å². The van der Waals surface area contributed by atoms with E-state index in [4.69, 9.17) is 0 Å². The first-order valence-corrected chi connectivity index (χ1v) is 6.59. The number of likely N-dealkylation sites (N-methyl/N-ethyl adjacent to an activating group) is 2. The van der Waals surface area contributed by atoms with Gasteiger partial charge in [-0.15, -0.1) is 0 Å². The maximum atomic E-state index is 4.61. The second-order valence-electron chi connectivity index (χ2n) is 4.93. The molecule has 0 aliphatic rings. The number of benzene rings is 2. The topological polar surface area (TPSA) is 17.3 Å². The summed E-state index contributed by atoms with van der Waals surface area (Å²) in [6.45, 7) is 0. The normalized spacial score (nSPS) is 13.6. The molecule has 2 aromatic carbocycles. The van der Waals surface area contributed by atoms with Crippen LogP contribution < -0.4 is 18.9 Å². The molecule has 0 radical (unpaired) electrons. The number of hydrogen-bond donors (Lipinski definition) is 0. The van der Waals surface area contributed by atoms with E-state index in [0.717, 1.165) is 0 Å². The van der Waals surface area contributed by atoms with Crippen LogP contribution in [0.15, 0.2) is 60.7 Å². The SMILES string of the molecule is C[N-][C@@H](c1ccccc1)[C@H](c1ccccc1)N(C)C.[Li+]. The number of nitrogens with zero attached hydrogens (tertiary/aromatic N) is 2. The summed E-state index contributed by atoms with van der Waals surface area (Å²) in [5.74, 6) is 0. The Morgan fingerprint density at radius 3 is 1.65 bits per heavy atom. The summed E-state index contributed by atoms with van der Waals surface area (Å²) in [6.07, 6.45) is 0. The van der Waals surface area contributed by atoms with Crippen LogP contribution in [0, 0.1) is 0 Å². The van der Waals surface area contributed by atoms with Gasteiger partial charge in [0, 0.05) is 6.04 Å². The second-order valence-corrected chi connectivity index (χ2v) is 4.93. The summed E-state index contributed by atoms with van der Waals surface area (Å²) < 4.78 is 0. The molecular weight excluding hydrogens is 239 g/mol. The molecule has 2 aromatic rings. The molecule has 0 spiro atoms. The van der Waals surface area contributed by atoms with E-state index < -0.39 is 0 Å². The Balaban J connectivity index is 0.00000200. The summed E-state index contributed by atoms with van der Waals surface area (Å²) in [5.41, 5.74) is 2.56. The Hall–Kier alpha value is -1.04. The molecule has 0 unspecified atom stereocenters. The Bertz CT molecular complexity index is 485. The first-order valence-electron chi connectivity index (χ1n) is 6.59. The van der Waals surface area contributed by atoms with Gasteiger partial charge in [-0.2, -0.15) is 7.05 Å². The van der Waals surface area contributed by atoms with Gasteiger partial charge in [-0.25, -0.2) is 0 Å². The van der Waals surface area contributed by atoms with Crippen LogP contribution in [0.3, 0.4) is 0 Å². The van der Waals surface area contributed by atoms with Gasteiger partial charge in [0.15, 0.2) is 0 Å². The van der Waals surface area contributed by atoms with Crippen LogP contribution in [-0.2, 0) is 0 Å². The Kier molecular flexibility index (Phi) is 7.05. The molecule has 2 rings (SSSR count). The van der Waals surface area contributed by atoms with Gasteiger partial charge >= 0.3 is 18.9 Å². The molecule has 3 heteroatoms. The van der Waals surface area contributed by atoms with Gasteiger partial charge < -0.3 is 10.2 Å². The van der Waals surface area contributed by atoms with E-state index in [1.54, 1.807) is 0 Å². The Morgan fingerprint density at radius 1 is 0.800 bits per heavy atom. The zero-order valence-electron chi connectivity index (χ0n) is 12.8. The molecule has 0 heterocycles. The van der Waals surface area contributed by atoms with Gasteiger partial charge in [0.05, 0.1) is 0 Å². The van der Waals surface area contributed by atoms with Crippen molar-refractivity contribution in [2.45, 2.75) is 12.1 Å². The predicted molar refractivity (Wildman–Crippen MR) is 81.3 cm³/mol. The van der Waals surface area contributed by atoms with Crippen molar-refractivity contribution in [1.82, 2.24) is 4.90 Å². The number of hydrogen-bond acceptors (Lipinski definition) is 1. The molecule has 0 bridgehead atoms. The first-order chi connectivity index (χ1) is 9.24. The zero-order valence-corrected chi connectivity index (χ0v) is 12.8. The average Bonchev–Trinajstić information content (AvgIpc) is 2.46. The molecule has 0 saturated carbocycles. The molecule has 0 fully saturated rings. The fraction of sp³-hybridized carbons (Fsp3) is 0.294. The van der Waals surface area contributed by atoms with Crippen LogP contribution in [0.1, 0.15) is 23.2 Å². The van der Waals surface area contributed by atoms with Crippen molar-refractivity contribution in [2.24, 2.45) is 0 Å². The molecule has 0 amide bonds. The third kappa shape index (κ3) is 3.98. The van der Waals surface area contributed by atoms with Gasteiger partial charge in [0.2, 0.25) is 0 Å². The fourth-order valence-corrected chi connectivity index (χ4v) is 2.54. The van der Waals surface area contributed by atoms with E-state index >= 15 is 0 Å². The largest absolute Gasteiger partial charge is 1.00 e. The second kappa shape index (κ2) is 8.29. The van der Waals surface area contributed by atoms with E-state index in [1.807, 2.05) is 13.1 Å². The van der Waals surface area contributed by atoms with Crippen LogP contribution in [-0.4, -0.2) is 26.0 Å². The molecule has 2 atom stereocenters. The number of rotatable bonds is 5. The van der Waals surface area contributed by atoms with E-state index in [9.17, 15) is 0 Å². The van der Waals surface area contributed by atoms with Crippen molar-refractivity contribution < 1.29 is 18.9 Å². The van der Waals surface area contributed by atoms with E-state index in [-0.39, 0.29) is 30.9 Å². The van der Waals surface area contributed by atoms with E-state index in [0.29, 0.717) is 0 Å². The molecule has 2 nitrogen and oxygen atoms in total. The van der Waals surface area contributed by atoms with Crippen LogP contribution in [0.4, 0.5) is 0 Å². The molecule has 0 aromatic heterocycles. The molecule has 0 N–H and O–H groups in total. The summed E-state index contributed by atoms with van der Waals surface area (Å²) in [6, 6.07) is 21.5. The third-order valence-electron chi connectivity index (χ3n) is 3.42. The molecule has 0 aliphatic carbocycles. The van der Waals surface area contributed by atoms with Crippen molar-refractivity contribution >= 4 is 0 Å². The van der Waals surface area contributed by atoms with Gasteiger partial charge in [-0.1, -0.05) is 72.3 Å². The summed E-state index contributed by atoms with van der Waals surface area (Å²) >= 11 is 0. The van der Waals surface area contributed by atoms with Gasteiger partial charge in [0.25, 0.3) is 0 Å². The molecular formula is C17H21LiN2. The fourth-order valence-electron chi connectivity index (χ4n) is 2.54. The van der Waals surface area contributed by atoms with E-state index in [2.05, 4.69) is 78.9 Å². The van der Waals surface area contributed by atoms with Gasteiger partial charge in [-0.3, -0.25) is 0 Å². The molecule has 0 aliphatic heterocycles. The van der Waals surface area contributed by atoms with Crippen molar-refractivity contribution in [2.75, 3.05) is 21.1 Å². The third-order valence-corrected chi connectivity index (χ3v) is 3.42. The first kappa shape index (κ1) is 17.0. The summed E-state index contributed by atoms with van der Waals surface area (Å²) in [4.78, 5) is 2.24. The minimum absolute atomic E-state index is 0. The van der Waals surface area contributed by atoms with Crippen molar-refractivity contribution in [3.05, 3.63) is 77.1 Å². The van der Waals surface area contributed by atoms with Crippen molar-refractivity contribution in [1.29, 1.82) is 0 Å². The predicted octanol–water partition coefficient (Wildman–Crippen LogP) is 1.04. The average molecular weight is 260 g/mol. The van der Waals surface area contributed by atoms with Crippen LogP contribution in [0.2, 0.25) is 0 Å². The van der Waals surface area contributed by atoms with E-state index in [1.165, 1.54) is 11.1 Å².